The van der Waals surface area contributed by atoms with E-state index >= 15 is 0 Å². The van der Waals surface area contributed by atoms with Gasteiger partial charge in [-0.1, -0.05) is 13.8 Å². The first kappa shape index (κ1) is 12.6. The summed E-state index contributed by atoms with van der Waals surface area (Å²) >= 11 is 5.72. The van der Waals surface area contributed by atoms with Gasteiger partial charge in [0.15, 0.2) is 5.82 Å². The number of alkyl halides is 1. The number of piperidine rings is 1. The molecule has 2 rings (SSSR count). The summed E-state index contributed by atoms with van der Waals surface area (Å²) < 4.78 is 0. The van der Waals surface area contributed by atoms with E-state index in [9.17, 15) is 0 Å². The highest BCUT2D eigenvalue weighted by Gasteiger charge is 2.29. The van der Waals surface area contributed by atoms with Crippen LogP contribution in [-0.4, -0.2) is 22.8 Å². The zero-order valence-electron chi connectivity index (χ0n) is 10.7. The van der Waals surface area contributed by atoms with Crippen molar-refractivity contribution in [3.8, 4) is 0 Å². The van der Waals surface area contributed by atoms with E-state index in [0.717, 1.165) is 24.0 Å². The predicted octanol–water partition coefficient (Wildman–Crippen LogP) is 3.09. The second-order valence-electron chi connectivity index (χ2n) is 5.23. The normalized spacial score (nSPS) is 29.4. The molecular weight excluding hydrogens is 234 g/mol. The first-order valence-electron chi connectivity index (χ1n) is 6.27. The van der Waals surface area contributed by atoms with Gasteiger partial charge in [-0.15, -0.1) is 16.7 Å². The molecule has 0 aliphatic carbocycles. The molecule has 3 atom stereocenters. The lowest BCUT2D eigenvalue weighted by molar-refractivity contribution is 0.295. The van der Waals surface area contributed by atoms with Crippen LogP contribution in [0.5, 0.6) is 0 Å². The fourth-order valence-corrected chi connectivity index (χ4v) is 2.74. The maximum atomic E-state index is 5.72. The molecule has 0 aromatic carbocycles. The first-order chi connectivity index (χ1) is 8.11. The highest BCUT2D eigenvalue weighted by Crippen LogP contribution is 2.29. The van der Waals surface area contributed by atoms with Crippen LogP contribution in [0.25, 0.3) is 0 Å². The van der Waals surface area contributed by atoms with Crippen molar-refractivity contribution in [1.82, 2.24) is 10.2 Å². The summed E-state index contributed by atoms with van der Waals surface area (Å²) in [6, 6.07) is 4.53. The third-order valence-corrected chi connectivity index (χ3v) is 4.01. The standard InChI is InChI=1S/C13H20ClN3/c1-9-6-10(2)11(3)17(8-9)13-5-4-12(7-14)15-16-13/h4-5,9-11H,6-8H2,1-3H3. The van der Waals surface area contributed by atoms with E-state index in [1.54, 1.807) is 0 Å². The summed E-state index contributed by atoms with van der Waals surface area (Å²) in [5.74, 6) is 2.82. The number of halogens is 1. The number of rotatable bonds is 2. The summed E-state index contributed by atoms with van der Waals surface area (Å²) in [6.45, 7) is 7.96. The summed E-state index contributed by atoms with van der Waals surface area (Å²) in [5, 5.41) is 8.42. The molecule has 1 aliphatic rings. The Bertz CT molecular complexity index is 365. The third-order valence-electron chi connectivity index (χ3n) is 3.73. The van der Waals surface area contributed by atoms with Gasteiger partial charge in [-0.25, -0.2) is 0 Å². The van der Waals surface area contributed by atoms with Crippen molar-refractivity contribution < 1.29 is 0 Å². The molecule has 2 heterocycles. The molecule has 94 valence electrons. The molecule has 1 saturated heterocycles. The van der Waals surface area contributed by atoms with Gasteiger partial charge in [0.25, 0.3) is 0 Å². The maximum Gasteiger partial charge on any atom is 0.151 e. The molecule has 1 aliphatic heterocycles. The number of hydrogen-bond donors (Lipinski definition) is 0. The minimum atomic E-state index is 0.426. The van der Waals surface area contributed by atoms with Crippen LogP contribution >= 0.6 is 11.6 Å². The largest absolute Gasteiger partial charge is 0.352 e. The van der Waals surface area contributed by atoms with Crippen LogP contribution < -0.4 is 4.90 Å². The van der Waals surface area contributed by atoms with Crippen LogP contribution in [0.4, 0.5) is 5.82 Å². The fraction of sp³-hybridized carbons (Fsp3) is 0.692. The average molecular weight is 254 g/mol. The smallest absolute Gasteiger partial charge is 0.151 e. The Morgan fingerprint density at radius 3 is 2.65 bits per heavy atom. The van der Waals surface area contributed by atoms with E-state index in [1.807, 2.05) is 12.1 Å². The zero-order chi connectivity index (χ0) is 12.4. The van der Waals surface area contributed by atoms with Gasteiger partial charge in [-0.3, -0.25) is 0 Å². The Balaban J connectivity index is 2.19. The second-order valence-corrected chi connectivity index (χ2v) is 5.49. The molecule has 1 aromatic rings. The fourth-order valence-electron chi connectivity index (χ4n) is 2.59. The third kappa shape index (κ3) is 2.71. The first-order valence-corrected chi connectivity index (χ1v) is 6.80. The molecule has 1 fully saturated rings. The van der Waals surface area contributed by atoms with Crippen LogP contribution in [0.3, 0.4) is 0 Å². The zero-order valence-corrected chi connectivity index (χ0v) is 11.5. The molecule has 3 unspecified atom stereocenters. The molecule has 0 saturated carbocycles. The summed E-state index contributed by atoms with van der Waals surface area (Å²) in [7, 11) is 0. The Morgan fingerprint density at radius 2 is 2.06 bits per heavy atom. The van der Waals surface area contributed by atoms with Crippen molar-refractivity contribution in [2.24, 2.45) is 11.8 Å². The maximum absolute atomic E-state index is 5.72. The van der Waals surface area contributed by atoms with Crippen molar-refractivity contribution in [2.75, 3.05) is 11.4 Å². The summed E-state index contributed by atoms with van der Waals surface area (Å²) in [6.07, 6.45) is 1.30. The van der Waals surface area contributed by atoms with Gasteiger partial charge < -0.3 is 4.90 Å². The molecule has 0 spiro atoms. The van der Waals surface area contributed by atoms with Crippen LogP contribution in [0, 0.1) is 11.8 Å². The van der Waals surface area contributed by atoms with Crippen molar-refractivity contribution in [2.45, 2.75) is 39.1 Å². The molecule has 4 heteroatoms. The van der Waals surface area contributed by atoms with E-state index in [2.05, 4.69) is 35.9 Å². The SMILES string of the molecule is CC1CC(C)C(C)N(c2ccc(CCl)nn2)C1. The van der Waals surface area contributed by atoms with Crippen molar-refractivity contribution in [1.29, 1.82) is 0 Å². The Labute approximate surface area is 108 Å². The number of aromatic nitrogens is 2. The molecule has 3 nitrogen and oxygen atoms in total. The lowest BCUT2D eigenvalue weighted by atomic mass is 9.86. The van der Waals surface area contributed by atoms with Gasteiger partial charge >= 0.3 is 0 Å². The highest BCUT2D eigenvalue weighted by atomic mass is 35.5. The van der Waals surface area contributed by atoms with Crippen molar-refractivity contribution in [3.05, 3.63) is 17.8 Å². The summed E-state index contributed by atoms with van der Waals surface area (Å²) in [5.41, 5.74) is 0.834. The average Bonchev–Trinajstić information content (AvgIpc) is 2.34. The number of nitrogens with zero attached hydrogens (tertiary/aromatic N) is 3. The predicted molar refractivity (Wildman–Crippen MR) is 71.3 cm³/mol. The Morgan fingerprint density at radius 1 is 1.29 bits per heavy atom. The minimum Gasteiger partial charge on any atom is -0.352 e. The van der Waals surface area contributed by atoms with E-state index in [-0.39, 0.29) is 0 Å². The van der Waals surface area contributed by atoms with Crippen LogP contribution in [0.2, 0.25) is 0 Å². The number of anilines is 1. The van der Waals surface area contributed by atoms with Crippen molar-refractivity contribution in [3.63, 3.8) is 0 Å². The molecule has 0 bridgehead atoms. The number of hydrogen-bond acceptors (Lipinski definition) is 3. The van der Waals surface area contributed by atoms with Gasteiger partial charge in [-0.05, 0) is 37.3 Å². The van der Waals surface area contributed by atoms with E-state index in [0.29, 0.717) is 17.8 Å². The van der Waals surface area contributed by atoms with E-state index in [4.69, 9.17) is 11.6 Å². The topological polar surface area (TPSA) is 29.0 Å². The van der Waals surface area contributed by atoms with Crippen molar-refractivity contribution >= 4 is 17.4 Å². The second kappa shape index (κ2) is 5.21. The minimum absolute atomic E-state index is 0.426. The molecule has 17 heavy (non-hydrogen) atoms. The lowest BCUT2D eigenvalue weighted by Gasteiger charge is -2.41. The van der Waals surface area contributed by atoms with Gasteiger partial charge in [0.1, 0.15) is 0 Å². The van der Waals surface area contributed by atoms with E-state index in [1.165, 1.54) is 6.42 Å². The van der Waals surface area contributed by atoms with Gasteiger partial charge in [0, 0.05) is 12.6 Å². The Kier molecular flexibility index (Phi) is 3.87. The molecule has 1 aromatic heterocycles. The molecule has 0 N–H and O–H groups in total. The van der Waals surface area contributed by atoms with Crippen LogP contribution in [-0.2, 0) is 5.88 Å². The monoisotopic (exact) mass is 253 g/mol. The highest BCUT2D eigenvalue weighted by molar-refractivity contribution is 6.16. The van der Waals surface area contributed by atoms with Crippen LogP contribution in [0.15, 0.2) is 12.1 Å². The summed E-state index contributed by atoms with van der Waals surface area (Å²) in [4.78, 5) is 2.36. The van der Waals surface area contributed by atoms with Gasteiger partial charge in [0.05, 0.1) is 11.6 Å². The molecule has 0 radical (unpaired) electrons. The Hall–Kier alpha value is -0.830. The van der Waals surface area contributed by atoms with Crippen LogP contribution in [0.1, 0.15) is 32.9 Å². The molecule has 0 amide bonds. The lowest BCUT2D eigenvalue weighted by Crippen LogP contribution is -2.46. The quantitative estimate of drug-likeness (QED) is 0.759. The van der Waals surface area contributed by atoms with E-state index < -0.39 is 0 Å². The van der Waals surface area contributed by atoms with Gasteiger partial charge in [-0.2, -0.15) is 5.10 Å². The molecular formula is C13H20ClN3. The van der Waals surface area contributed by atoms with Gasteiger partial charge in [0.2, 0.25) is 0 Å².